The number of hydrogen-bond acceptors (Lipinski definition) is 5. The van der Waals surface area contributed by atoms with E-state index in [2.05, 4.69) is 10.6 Å². The maximum absolute atomic E-state index is 12.5. The van der Waals surface area contributed by atoms with Gasteiger partial charge in [-0.2, -0.15) is 4.31 Å². The molecule has 1 aromatic rings. The quantitative estimate of drug-likeness (QED) is 0.551. The van der Waals surface area contributed by atoms with E-state index in [1.807, 2.05) is 0 Å². The molecule has 0 saturated carbocycles. The van der Waals surface area contributed by atoms with E-state index >= 15 is 0 Å². The first kappa shape index (κ1) is 20.8. The van der Waals surface area contributed by atoms with Crippen molar-refractivity contribution < 1.29 is 17.9 Å². The zero-order valence-corrected chi connectivity index (χ0v) is 16.2. The first-order valence-electron chi connectivity index (χ1n) is 9.09. The lowest BCUT2D eigenvalue weighted by atomic mass is 10.1. The molecule has 1 amide bonds. The highest BCUT2D eigenvalue weighted by atomic mass is 32.2. The van der Waals surface area contributed by atoms with Gasteiger partial charge in [-0.15, -0.1) is 0 Å². The molecule has 2 rings (SSSR count). The number of rotatable bonds is 11. The van der Waals surface area contributed by atoms with Gasteiger partial charge in [0.2, 0.25) is 15.9 Å². The summed E-state index contributed by atoms with van der Waals surface area (Å²) in [5, 5.41) is 6.02. The number of nitrogens with zero attached hydrogens (tertiary/aromatic N) is 1. The predicted molar refractivity (Wildman–Crippen MR) is 101 cm³/mol. The van der Waals surface area contributed by atoms with E-state index in [0.717, 1.165) is 24.9 Å². The monoisotopic (exact) mass is 383 g/mol. The fourth-order valence-electron chi connectivity index (χ4n) is 2.84. The molecule has 1 aliphatic heterocycles. The van der Waals surface area contributed by atoms with Crippen molar-refractivity contribution in [2.24, 2.45) is 0 Å². The van der Waals surface area contributed by atoms with Crippen LogP contribution in [0.5, 0.6) is 0 Å². The van der Waals surface area contributed by atoms with Gasteiger partial charge in [-0.3, -0.25) is 4.79 Å². The molecule has 2 N–H and O–H groups in total. The van der Waals surface area contributed by atoms with Crippen molar-refractivity contribution in [3.63, 3.8) is 0 Å². The third-order valence-corrected chi connectivity index (χ3v) is 6.29. The summed E-state index contributed by atoms with van der Waals surface area (Å²) >= 11 is 0. The largest absolute Gasteiger partial charge is 0.383 e. The van der Waals surface area contributed by atoms with Gasteiger partial charge in [-0.05, 0) is 37.0 Å². The van der Waals surface area contributed by atoms with Crippen molar-refractivity contribution in [3.05, 3.63) is 29.8 Å². The first-order valence-corrected chi connectivity index (χ1v) is 10.5. The number of ether oxygens (including phenoxy) is 1. The molecule has 0 unspecified atom stereocenters. The summed E-state index contributed by atoms with van der Waals surface area (Å²) < 4.78 is 31.4. The van der Waals surface area contributed by atoms with Gasteiger partial charge in [0, 0.05) is 46.3 Å². The Morgan fingerprint density at radius 2 is 1.81 bits per heavy atom. The Hall–Kier alpha value is -1.48. The average molecular weight is 384 g/mol. The smallest absolute Gasteiger partial charge is 0.243 e. The van der Waals surface area contributed by atoms with Crippen LogP contribution in [-0.2, 0) is 26.0 Å². The fourth-order valence-corrected chi connectivity index (χ4v) is 4.36. The molecule has 1 aromatic carbocycles. The average Bonchev–Trinajstić information content (AvgIpc) is 3.19. The van der Waals surface area contributed by atoms with E-state index in [1.54, 1.807) is 31.4 Å². The van der Waals surface area contributed by atoms with Crippen LogP contribution in [0.3, 0.4) is 0 Å². The number of carbonyl (C=O) groups is 1. The van der Waals surface area contributed by atoms with Crippen LogP contribution in [0.2, 0.25) is 0 Å². The maximum Gasteiger partial charge on any atom is 0.243 e. The van der Waals surface area contributed by atoms with Gasteiger partial charge in [-0.25, -0.2) is 8.42 Å². The van der Waals surface area contributed by atoms with E-state index < -0.39 is 10.0 Å². The zero-order chi connectivity index (χ0) is 18.8. The molecule has 26 heavy (non-hydrogen) atoms. The molecule has 7 nitrogen and oxygen atoms in total. The standard InChI is InChI=1S/C18H29N3O4S/c1-25-15-12-19-10-11-20-18(22)9-6-16-4-7-17(8-5-16)26(23,24)21-13-2-3-14-21/h4-5,7-8,19H,2-3,6,9-15H2,1H3,(H,20,22). The summed E-state index contributed by atoms with van der Waals surface area (Å²) in [5.41, 5.74) is 0.957. The Morgan fingerprint density at radius 3 is 2.46 bits per heavy atom. The Labute approximate surface area is 156 Å². The predicted octanol–water partition coefficient (Wildman–Crippen LogP) is 0.756. The van der Waals surface area contributed by atoms with Crippen LogP contribution in [0, 0.1) is 0 Å². The SMILES string of the molecule is COCCNCCNC(=O)CCc1ccc(S(=O)(=O)N2CCCC2)cc1. The van der Waals surface area contributed by atoms with Crippen LogP contribution >= 0.6 is 0 Å². The van der Waals surface area contributed by atoms with Crippen LogP contribution < -0.4 is 10.6 Å². The molecule has 0 aromatic heterocycles. The second kappa shape index (κ2) is 10.6. The highest BCUT2D eigenvalue weighted by Gasteiger charge is 2.26. The molecular formula is C18H29N3O4S. The van der Waals surface area contributed by atoms with Crippen LogP contribution in [-0.4, -0.2) is 65.1 Å². The summed E-state index contributed by atoms with van der Waals surface area (Å²) in [6.45, 7) is 3.90. The van der Waals surface area contributed by atoms with Crippen molar-refractivity contribution in [2.45, 2.75) is 30.6 Å². The molecule has 0 radical (unpaired) electrons. The third kappa shape index (κ3) is 6.35. The summed E-state index contributed by atoms with van der Waals surface area (Å²) in [4.78, 5) is 12.2. The summed E-state index contributed by atoms with van der Waals surface area (Å²) in [5.74, 6) is -0.00712. The van der Waals surface area contributed by atoms with Gasteiger partial charge < -0.3 is 15.4 Å². The molecule has 0 atom stereocenters. The van der Waals surface area contributed by atoms with Crippen molar-refractivity contribution in [1.82, 2.24) is 14.9 Å². The highest BCUT2D eigenvalue weighted by molar-refractivity contribution is 7.89. The lowest BCUT2D eigenvalue weighted by Gasteiger charge is -2.15. The second-order valence-electron chi connectivity index (χ2n) is 6.35. The minimum Gasteiger partial charge on any atom is -0.383 e. The fraction of sp³-hybridized carbons (Fsp3) is 0.611. The molecular weight excluding hydrogens is 354 g/mol. The van der Waals surface area contributed by atoms with Crippen LogP contribution in [0.1, 0.15) is 24.8 Å². The molecule has 1 aliphatic rings. The molecule has 1 saturated heterocycles. The Kier molecular flexibility index (Phi) is 8.50. The molecule has 0 aliphatic carbocycles. The van der Waals surface area contributed by atoms with E-state index in [0.29, 0.717) is 50.5 Å². The topological polar surface area (TPSA) is 87.7 Å². The Morgan fingerprint density at radius 1 is 1.12 bits per heavy atom. The molecule has 1 heterocycles. The van der Waals surface area contributed by atoms with Crippen LogP contribution in [0.15, 0.2) is 29.2 Å². The number of sulfonamides is 1. The number of nitrogens with one attached hydrogen (secondary N) is 2. The van der Waals surface area contributed by atoms with E-state index in [-0.39, 0.29) is 5.91 Å². The van der Waals surface area contributed by atoms with Gasteiger partial charge >= 0.3 is 0 Å². The first-order chi connectivity index (χ1) is 12.5. The highest BCUT2D eigenvalue weighted by Crippen LogP contribution is 2.21. The third-order valence-electron chi connectivity index (χ3n) is 4.37. The van der Waals surface area contributed by atoms with Crippen LogP contribution in [0.25, 0.3) is 0 Å². The van der Waals surface area contributed by atoms with Gasteiger partial charge in [-0.1, -0.05) is 12.1 Å². The van der Waals surface area contributed by atoms with Crippen molar-refractivity contribution in [2.75, 3.05) is 46.4 Å². The van der Waals surface area contributed by atoms with Gasteiger partial charge in [0.25, 0.3) is 0 Å². The number of aryl methyl sites for hydroxylation is 1. The summed E-state index contributed by atoms with van der Waals surface area (Å²) in [7, 11) is -1.72. The number of hydrogen-bond donors (Lipinski definition) is 2. The van der Waals surface area contributed by atoms with Crippen molar-refractivity contribution in [3.8, 4) is 0 Å². The van der Waals surface area contributed by atoms with Gasteiger partial charge in [0.05, 0.1) is 11.5 Å². The Bertz CT molecular complexity index is 656. The minimum absolute atomic E-state index is 0.00712. The summed E-state index contributed by atoms with van der Waals surface area (Å²) in [6.07, 6.45) is 2.83. The Balaban J connectivity index is 1.72. The van der Waals surface area contributed by atoms with Gasteiger partial charge in [0.1, 0.15) is 0 Å². The molecule has 1 fully saturated rings. The van der Waals surface area contributed by atoms with Gasteiger partial charge in [0.15, 0.2) is 0 Å². The molecule has 146 valence electrons. The van der Waals surface area contributed by atoms with Crippen LogP contribution in [0.4, 0.5) is 0 Å². The van der Waals surface area contributed by atoms with E-state index in [9.17, 15) is 13.2 Å². The zero-order valence-electron chi connectivity index (χ0n) is 15.4. The summed E-state index contributed by atoms with van der Waals surface area (Å²) in [6, 6.07) is 6.87. The number of carbonyl (C=O) groups excluding carboxylic acids is 1. The number of benzene rings is 1. The second-order valence-corrected chi connectivity index (χ2v) is 8.29. The van der Waals surface area contributed by atoms with Crippen molar-refractivity contribution in [1.29, 1.82) is 0 Å². The van der Waals surface area contributed by atoms with E-state index in [4.69, 9.17) is 4.74 Å². The molecule has 0 bridgehead atoms. The molecule has 0 spiro atoms. The minimum atomic E-state index is -3.37. The maximum atomic E-state index is 12.5. The lowest BCUT2D eigenvalue weighted by Crippen LogP contribution is -2.33. The lowest BCUT2D eigenvalue weighted by molar-refractivity contribution is -0.121. The molecule has 8 heteroatoms. The number of amides is 1. The normalized spacial score (nSPS) is 15.3. The van der Waals surface area contributed by atoms with Crippen molar-refractivity contribution >= 4 is 15.9 Å². The number of methoxy groups -OCH3 is 1. The van der Waals surface area contributed by atoms with E-state index in [1.165, 1.54) is 4.31 Å².